The van der Waals surface area contributed by atoms with E-state index in [1.54, 1.807) is 0 Å². The molecule has 4 bridgehead atoms. The van der Waals surface area contributed by atoms with Gasteiger partial charge in [0.2, 0.25) is 0 Å². The predicted molar refractivity (Wildman–Crippen MR) is 134 cm³/mol. The largest absolute Gasteiger partial charge is 0.356 e. The molecule has 4 heteroatoms. The van der Waals surface area contributed by atoms with Crippen molar-refractivity contribution >= 4 is 48.5 Å². The summed E-state index contributed by atoms with van der Waals surface area (Å²) in [7, 11) is 0. The van der Waals surface area contributed by atoms with E-state index in [1.807, 2.05) is 11.3 Å². The number of hydrogen-bond donors (Lipinski definition) is 1. The number of hydrogen-bond acceptors (Lipinski definition) is 3. The van der Waals surface area contributed by atoms with Crippen LogP contribution in [0.5, 0.6) is 0 Å². The van der Waals surface area contributed by atoms with Crippen molar-refractivity contribution in [3.8, 4) is 5.69 Å². The van der Waals surface area contributed by atoms with Crippen LogP contribution in [-0.2, 0) is 0 Å². The number of para-hydroxylation sites is 3. The number of benzene rings is 3. The molecule has 0 spiro atoms. The molecule has 3 nitrogen and oxygen atoms in total. The molecule has 0 radical (unpaired) electrons. The summed E-state index contributed by atoms with van der Waals surface area (Å²) in [6.45, 7) is 0. The van der Waals surface area contributed by atoms with Crippen LogP contribution in [0.4, 0.5) is 5.13 Å². The highest BCUT2D eigenvalue weighted by molar-refractivity contribution is 7.22. The van der Waals surface area contributed by atoms with Gasteiger partial charge in [-0.15, -0.1) is 0 Å². The van der Waals surface area contributed by atoms with Gasteiger partial charge in [0, 0.05) is 16.3 Å². The molecule has 2 aromatic heterocycles. The lowest BCUT2D eigenvalue weighted by atomic mass is 9.80. The van der Waals surface area contributed by atoms with Gasteiger partial charge in [-0.1, -0.05) is 53.8 Å². The smallest absolute Gasteiger partial charge is 0.184 e. The maximum atomic E-state index is 5.23. The number of rotatable bonds is 3. The van der Waals surface area contributed by atoms with Gasteiger partial charge in [0.25, 0.3) is 0 Å². The Morgan fingerprint density at radius 2 is 1.50 bits per heavy atom. The highest BCUT2D eigenvalue weighted by atomic mass is 32.1. The highest BCUT2D eigenvalue weighted by Gasteiger charge is 2.58. The van der Waals surface area contributed by atoms with Crippen LogP contribution >= 0.6 is 11.3 Å². The Hall–Kier alpha value is -2.85. The first kappa shape index (κ1) is 17.7. The first-order chi connectivity index (χ1) is 15.8. The molecule has 2 atom stereocenters. The summed E-state index contributed by atoms with van der Waals surface area (Å²) in [5.74, 6) is 2.75. The van der Waals surface area contributed by atoms with Gasteiger partial charge in [-0.25, -0.2) is 4.98 Å². The molecule has 1 N–H and O–H groups in total. The molecule has 4 fully saturated rings. The summed E-state index contributed by atoms with van der Waals surface area (Å²) in [5.41, 5.74) is 5.09. The molecule has 32 heavy (non-hydrogen) atoms. The first-order valence-corrected chi connectivity index (χ1v) is 12.8. The van der Waals surface area contributed by atoms with E-state index in [-0.39, 0.29) is 0 Å². The Balaban J connectivity index is 1.31. The lowest BCUT2D eigenvalue weighted by Crippen LogP contribution is -2.39. The number of fused-ring (bicyclic) bond motifs is 4. The Bertz CT molecular complexity index is 1460. The number of thiazole rings is 1. The SMILES string of the molecule is c1cc(-n2c3ccccc3c3ccccc32)c2nc(NC34CC5CC(CC3C5)C4)sc2c1. The minimum absolute atomic E-state index is 0.314. The molecule has 0 amide bonds. The average molecular weight is 436 g/mol. The third-order valence-electron chi connectivity index (χ3n) is 8.56. The normalized spacial score (nSPS) is 28.4. The van der Waals surface area contributed by atoms with Crippen LogP contribution in [-0.4, -0.2) is 15.1 Å². The van der Waals surface area contributed by atoms with Gasteiger partial charge in [-0.3, -0.25) is 0 Å². The average Bonchev–Trinajstić information content (AvgIpc) is 3.49. The first-order valence-electron chi connectivity index (χ1n) is 11.9. The number of aromatic nitrogens is 2. The number of anilines is 1. The zero-order chi connectivity index (χ0) is 20.9. The maximum Gasteiger partial charge on any atom is 0.184 e. The highest BCUT2D eigenvalue weighted by Crippen LogP contribution is 2.61. The molecule has 5 aromatic rings. The zero-order valence-electron chi connectivity index (χ0n) is 17.9. The quantitative estimate of drug-likeness (QED) is 0.320. The van der Waals surface area contributed by atoms with Gasteiger partial charge in [0.15, 0.2) is 5.13 Å². The second kappa shape index (κ2) is 6.14. The topological polar surface area (TPSA) is 29.9 Å². The van der Waals surface area contributed by atoms with Crippen molar-refractivity contribution in [1.29, 1.82) is 0 Å². The molecule has 4 aliphatic carbocycles. The summed E-state index contributed by atoms with van der Waals surface area (Å²) in [6.07, 6.45) is 7.04. The van der Waals surface area contributed by atoms with Crippen molar-refractivity contribution in [2.75, 3.05) is 5.32 Å². The van der Waals surface area contributed by atoms with Crippen molar-refractivity contribution in [1.82, 2.24) is 9.55 Å². The number of nitrogens with one attached hydrogen (secondary N) is 1. The third-order valence-corrected chi connectivity index (χ3v) is 9.50. The summed E-state index contributed by atoms with van der Waals surface area (Å²) < 4.78 is 3.67. The number of nitrogens with zero attached hydrogens (tertiary/aromatic N) is 2. The second-order valence-electron chi connectivity index (χ2n) is 10.3. The Kier molecular flexibility index (Phi) is 3.39. The Morgan fingerprint density at radius 1 is 0.812 bits per heavy atom. The van der Waals surface area contributed by atoms with Crippen molar-refractivity contribution in [3.05, 3.63) is 66.7 Å². The van der Waals surface area contributed by atoms with E-state index in [2.05, 4.69) is 76.6 Å². The fraction of sp³-hybridized carbons (Fsp3) is 0.321. The van der Waals surface area contributed by atoms with Crippen LogP contribution in [0.25, 0.3) is 37.7 Å². The predicted octanol–water partition coefficient (Wildman–Crippen LogP) is 7.38. The minimum atomic E-state index is 0.314. The summed E-state index contributed by atoms with van der Waals surface area (Å²) in [5, 5.41) is 7.72. The van der Waals surface area contributed by atoms with E-state index < -0.39 is 0 Å². The molecular formula is C28H25N3S. The summed E-state index contributed by atoms with van der Waals surface area (Å²) >= 11 is 1.83. The lowest BCUT2D eigenvalue weighted by Gasteiger charge is -2.33. The van der Waals surface area contributed by atoms with E-state index in [0.29, 0.717) is 5.54 Å². The molecular weight excluding hydrogens is 410 g/mol. The van der Waals surface area contributed by atoms with Crippen LogP contribution < -0.4 is 5.32 Å². The molecule has 2 heterocycles. The van der Waals surface area contributed by atoms with Gasteiger partial charge in [-0.2, -0.15) is 0 Å². The van der Waals surface area contributed by atoms with E-state index in [0.717, 1.165) is 28.4 Å². The molecule has 9 rings (SSSR count). The van der Waals surface area contributed by atoms with Crippen LogP contribution in [0.15, 0.2) is 66.7 Å². The third kappa shape index (κ3) is 2.28. The molecule has 4 aliphatic rings. The van der Waals surface area contributed by atoms with E-state index in [1.165, 1.54) is 64.3 Å². The van der Waals surface area contributed by atoms with Crippen molar-refractivity contribution < 1.29 is 0 Å². The van der Waals surface area contributed by atoms with Crippen LogP contribution in [0.1, 0.15) is 32.1 Å². The van der Waals surface area contributed by atoms with Gasteiger partial charge in [0.05, 0.1) is 21.4 Å². The molecule has 3 aromatic carbocycles. The van der Waals surface area contributed by atoms with Crippen molar-refractivity contribution in [2.45, 2.75) is 37.6 Å². The van der Waals surface area contributed by atoms with E-state index in [4.69, 9.17) is 4.98 Å². The monoisotopic (exact) mass is 435 g/mol. The minimum Gasteiger partial charge on any atom is -0.356 e. The van der Waals surface area contributed by atoms with E-state index >= 15 is 0 Å². The van der Waals surface area contributed by atoms with Crippen molar-refractivity contribution in [2.24, 2.45) is 17.8 Å². The molecule has 0 aliphatic heterocycles. The molecule has 2 unspecified atom stereocenters. The second-order valence-corrected chi connectivity index (χ2v) is 11.4. The van der Waals surface area contributed by atoms with Gasteiger partial charge in [0.1, 0.15) is 5.52 Å². The van der Waals surface area contributed by atoms with Gasteiger partial charge in [-0.05, 0) is 74.1 Å². The fourth-order valence-corrected chi connectivity index (χ4v) is 8.56. The van der Waals surface area contributed by atoms with Crippen molar-refractivity contribution in [3.63, 3.8) is 0 Å². The van der Waals surface area contributed by atoms with Gasteiger partial charge >= 0.3 is 0 Å². The van der Waals surface area contributed by atoms with Crippen LogP contribution in [0, 0.1) is 17.8 Å². The lowest BCUT2D eigenvalue weighted by molar-refractivity contribution is 0.274. The molecule has 0 saturated heterocycles. The Morgan fingerprint density at radius 3 is 2.22 bits per heavy atom. The van der Waals surface area contributed by atoms with Gasteiger partial charge < -0.3 is 9.88 Å². The summed E-state index contributed by atoms with van der Waals surface area (Å²) in [6, 6.07) is 24.1. The zero-order valence-corrected chi connectivity index (χ0v) is 18.7. The summed E-state index contributed by atoms with van der Waals surface area (Å²) in [4.78, 5) is 5.23. The van der Waals surface area contributed by atoms with Crippen LogP contribution in [0.3, 0.4) is 0 Å². The Labute approximate surface area is 191 Å². The molecule has 158 valence electrons. The van der Waals surface area contributed by atoms with E-state index in [9.17, 15) is 0 Å². The molecule has 4 saturated carbocycles. The maximum absolute atomic E-state index is 5.23. The standard InChI is InChI=1S/C28H25N3S/c1-3-8-22-20(6-1)21-7-2-4-9-23(21)31(22)24-10-5-11-25-26(24)29-27(32-25)30-28-15-17-12-18(16-28)14-19(28)13-17/h1-11,17-19H,12-16H2,(H,29,30). The fourth-order valence-electron chi connectivity index (χ4n) is 7.56. The van der Waals surface area contributed by atoms with Crippen LogP contribution in [0.2, 0.25) is 0 Å².